The number of carbonyl (C=O) groups is 4. The maximum absolute atomic E-state index is 14.7. The van der Waals surface area contributed by atoms with Crippen LogP contribution in [0.4, 0.5) is 5.69 Å². The summed E-state index contributed by atoms with van der Waals surface area (Å²) < 4.78 is 0. The van der Waals surface area contributed by atoms with Crippen molar-refractivity contribution in [1.82, 2.24) is 15.0 Å². The average Bonchev–Trinajstić information content (AvgIpc) is 3.53. The van der Waals surface area contributed by atoms with Gasteiger partial charge in [-0.05, 0) is 132 Å². The van der Waals surface area contributed by atoms with E-state index in [1.54, 1.807) is 0 Å². The Labute approximate surface area is 328 Å². The summed E-state index contributed by atoms with van der Waals surface area (Å²) in [4.78, 5) is 58.5. The van der Waals surface area contributed by atoms with Crippen LogP contribution in [-0.4, -0.2) is 78.3 Å². The Morgan fingerprint density at radius 3 is 1.34 bits per heavy atom. The smallest absolute Gasteiger partial charge is 0.238 e. The molecule has 5 fully saturated rings. The summed E-state index contributed by atoms with van der Waals surface area (Å²) in [5.41, 5.74) is 1.80. The zero-order chi connectivity index (χ0) is 40.3. The maximum Gasteiger partial charge on any atom is 0.238 e. The van der Waals surface area contributed by atoms with Gasteiger partial charge >= 0.3 is 0 Å². The molecule has 2 N–H and O–H groups in total. The normalized spacial score (nSPS) is 32.0. The second-order valence-corrected chi connectivity index (χ2v) is 20.2. The quantitative estimate of drug-likeness (QED) is 0.181. The van der Waals surface area contributed by atoms with Crippen LogP contribution in [0, 0.1) is 42.4 Å². The number of allylic oxidation sites excluding steroid dienone is 2. The molecule has 3 aromatic rings. The van der Waals surface area contributed by atoms with Gasteiger partial charge in [0.1, 0.15) is 0 Å². The van der Waals surface area contributed by atoms with Gasteiger partial charge in [-0.1, -0.05) is 53.1 Å². The summed E-state index contributed by atoms with van der Waals surface area (Å²) in [7, 11) is 1.50. The van der Waals surface area contributed by atoms with Gasteiger partial charge in [-0.25, -0.2) is 4.90 Å². The van der Waals surface area contributed by atoms with Crippen LogP contribution < -0.4 is 15.3 Å². The molecule has 0 spiro atoms. The molecular weight excluding hydrogens is 705 g/mol. The standard InChI is InChI=1S/C46H54N4O6/c1-23-11-13-27-31(17-23)33(24-19-43(2,3)49(55)44(4,5)20-24)28-14-12-26(18-32(28)34(27)25-21-45(6,7)50(56)46(8,9)22-25)48-41(53)37-29-15-16-30(38(37)42(48)54)36-35(29)39(51)47(10)40(36)52/h11-18,29-30,35-38,55-56H,19-22H2,1-10H3. The molecule has 10 rings (SSSR count). The Morgan fingerprint density at radius 1 is 0.536 bits per heavy atom. The van der Waals surface area contributed by atoms with E-state index >= 15 is 0 Å². The van der Waals surface area contributed by atoms with E-state index in [-0.39, 0.29) is 23.6 Å². The van der Waals surface area contributed by atoms with Gasteiger partial charge < -0.3 is 10.4 Å². The number of rotatable bonds is 1. The zero-order valence-electron chi connectivity index (χ0n) is 34.2. The van der Waals surface area contributed by atoms with Crippen LogP contribution in [0.1, 0.15) is 86.6 Å². The third kappa shape index (κ3) is 4.94. The molecule has 6 unspecified atom stereocenters. The van der Waals surface area contributed by atoms with Crippen molar-refractivity contribution >= 4 is 62.0 Å². The minimum absolute atomic E-state index is 0.269. The summed E-state index contributed by atoms with van der Waals surface area (Å²) in [6, 6.07) is 12.5. The molecule has 10 heteroatoms. The molecule has 7 aliphatic rings. The lowest BCUT2D eigenvalue weighted by molar-refractivity contribution is -0.228. The number of likely N-dealkylation sites (tertiary alicyclic amines) is 1. The Hall–Kier alpha value is -4.22. The first-order chi connectivity index (χ1) is 26.1. The predicted octanol–water partition coefficient (Wildman–Crippen LogP) is 5.84. The van der Waals surface area contributed by atoms with E-state index in [9.17, 15) is 29.6 Å². The Bertz CT molecular complexity index is 2410. The zero-order valence-corrected chi connectivity index (χ0v) is 34.2. The number of hydrogen-bond donors (Lipinski definition) is 2. The fourth-order valence-corrected chi connectivity index (χ4v) is 12.4. The third-order valence-corrected chi connectivity index (χ3v) is 14.3. The highest BCUT2D eigenvalue weighted by Crippen LogP contribution is 2.58. The SMILES string of the molecule is Cc1ccc2c(=C3CC(C)(C)N(O)C(C)(C)C3)c3cc(N4C(=O)C5C6C=CC(C7C(=O)N(C)C(=O)C67)C5C4=O)ccc3c(=C3CC(C)(C)N(O)C(C)(C)C3)c2c1. The van der Waals surface area contributed by atoms with E-state index in [2.05, 4.69) is 86.6 Å². The van der Waals surface area contributed by atoms with Gasteiger partial charge in [0.25, 0.3) is 0 Å². The largest absolute Gasteiger partial charge is 0.313 e. The first-order valence-corrected chi connectivity index (χ1v) is 20.1. The Balaban J connectivity index is 1.33. The third-order valence-electron chi connectivity index (χ3n) is 14.3. The van der Waals surface area contributed by atoms with Gasteiger partial charge in [0.05, 0.1) is 29.4 Å². The van der Waals surface area contributed by atoms with Gasteiger partial charge in [-0.15, -0.1) is 0 Å². The lowest BCUT2D eigenvalue weighted by Crippen LogP contribution is -2.57. The molecular formula is C46H54N4O6. The number of carbonyl (C=O) groups excluding carboxylic acids is 4. The molecule has 4 saturated heterocycles. The van der Waals surface area contributed by atoms with Crippen molar-refractivity contribution in [3.05, 3.63) is 64.6 Å². The fraction of sp³-hybridized carbons (Fsp3) is 0.522. The van der Waals surface area contributed by atoms with Gasteiger partial charge in [-0.2, -0.15) is 10.1 Å². The van der Waals surface area contributed by atoms with Crippen molar-refractivity contribution in [2.45, 2.75) is 110 Å². The molecule has 6 atom stereocenters. The van der Waals surface area contributed by atoms with Crippen molar-refractivity contribution in [2.24, 2.45) is 35.5 Å². The molecule has 56 heavy (non-hydrogen) atoms. The number of fused-ring (bicyclic) bond motifs is 2. The van der Waals surface area contributed by atoms with Crippen LogP contribution in [0.15, 0.2) is 48.6 Å². The number of aryl methyl sites for hydroxylation is 1. The number of amides is 4. The summed E-state index contributed by atoms with van der Waals surface area (Å²) in [6.07, 6.45) is 6.28. The highest BCUT2D eigenvalue weighted by atomic mass is 16.5. The first-order valence-electron chi connectivity index (χ1n) is 20.1. The number of hydroxylamine groups is 4. The van der Waals surface area contributed by atoms with Crippen LogP contribution in [0.25, 0.3) is 32.7 Å². The predicted molar refractivity (Wildman–Crippen MR) is 215 cm³/mol. The van der Waals surface area contributed by atoms with Crippen molar-refractivity contribution in [2.75, 3.05) is 11.9 Å². The van der Waals surface area contributed by atoms with E-state index in [1.165, 1.54) is 38.1 Å². The van der Waals surface area contributed by atoms with Gasteiger partial charge in [0, 0.05) is 41.0 Å². The minimum Gasteiger partial charge on any atom is -0.313 e. The highest BCUT2D eigenvalue weighted by molar-refractivity contribution is 6.24. The van der Waals surface area contributed by atoms with E-state index in [1.807, 2.05) is 24.3 Å². The molecule has 1 saturated carbocycles. The number of hydrogen-bond acceptors (Lipinski definition) is 8. The minimum atomic E-state index is -0.708. The average molecular weight is 759 g/mol. The Kier molecular flexibility index (Phi) is 7.80. The summed E-state index contributed by atoms with van der Waals surface area (Å²) in [5.74, 6) is -4.88. The number of nitrogens with zero attached hydrogens (tertiary/aromatic N) is 4. The van der Waals surface area contributed by atoms with Crippen molar-refractivity contribution in [3.8, 4) is 0 Å². The van der Waals surface area contributed by atoms with E-state index in [0.717, 1.165) is 37.5 Å². The number of anilines is 1. The van der Waals surface area contributed by atoms with Crippen molar-refractivity contribution < 1.29 is 29.6 Å². The van der Waals surface area contributed by atoms with Crippen LogP contribution >= 0.6 is 0 Å². The van der Waals surface area contributed by atoms with Crippen LogP contribution in [0.2, 0.25) is 0 Å². The molecule has 4 amide bonds. The van der Waals surface area contributed by atoms with Crippen molar-refractivity contribution in [3.63, 3.8) is 0 Å². The molecule has 4 aliphatic heterocycles. The lowest BCUT2D eigenvalue weighted by Gasteiger charge is -2.50. The molecule has 2 bridgehead atoms. The van der Waals surface area contributed by atoms with Crippen LogP contribution in [0.5, 0.6) is 0 Å². The molecule has 0 aromatic heterocycles. The van der Waals surface area contributed by atoms with E-state index < -0.39 is 57.7 Å². The second kappa shape index (κ2) is 11.7. The maximum atomic E-state index is 14.7. The molecule has 294 valence electrons. The molecule has 0 radical (unpaired) electrons. The van der Waals surface area contributed by atoms with Crippen LogP contribution in [-0.2, 0) is 19.2 Å². The molecule has 3 aromatic carbocycles. The summed E-state index contributed by atoms with van der Waals surface area (Å²) >= 11 is 0. The number of benzene rings is 3. The van der Waals surface area contributed by atoms with Crippen molar-refractivity contribution in [1.29, 1.82) is 0 Å². The molecule has 4 heterocycles. The molecule has 10 nitrogen and oxygen atoms in total. The number of piperidine rings is 2. The molecule has 3 aliphatic carbocycles. The van der Waals surface area contributed by atoms with Gasteiger partial charge in [0.15, 0.2) is 0 Å². The second-order valence-electron chi connectivity index (χ2n) is 20.2. The lowest BCUT2D eigenvalue weighted by atomic mass is 9.54. The monoisotopic (exact) mass is 758 g/mol. The van der Waals surface area contributed by atoms with Gasteiger partial charge in [-0.3, -0.25) is 24.1 Å². The summed E-state index contributed by atoms with van der Waals surface area (Å²) in [6.45, 7) is 18.6. The van der Waals surface area contributed by atoms with E-state index in [0.29, 0.717) is 31.4 Å². The van der Waals surface area contributed by atoms with E-state index in [4.69, 9.17) is 0 Å². The first kappa shape index (κ1) is 37.4. The summed E-state index contributed by atoms with van der Waals surface area (Å²) in [5, 5.41) is 32.0. The highest BCUT2D eigenvalue weighted by Gasteiger charge is 2.68. The Morgan fingerprint density at radius 2 is 0.911 bits per heavy atom. The van der Waals surface area contributed by atoms with Gasteiger partial charge in [0.2, 0.25) is 23.6 Å². The van der Waals surface area contributed by atoms with Crippen LogP contribution in [0.3, 0.4) is 0 Å². The topological polar surface area (TPSA) is 122 Å². The fourth-order valence-electron chi connectivity index (χ4n) is 12.4. The number of imide groups is 2.